The van der Waals surface area contributed by atoms with Gasteiger partial charge in [0, 0.05) is 12.3 Å². The third kappa shape index (κ3) is 2.62. The minimum atomic E-state index is -0.701. The van der Waals surface area contributed by atoms with Gasteiger partial charge < -0.3 is 4.74 Å². The van der Waals surface area contributed by atoms with Crippen molar-refractivity contribution < 1.29 is 9.13 Å². The summed E-state index contributed by atoms with van der Waals surface area (Å²) in [5.41, 5.74) is 0.123. The molecule has 0 fully saturated rings. The summed E-state index contributed by atoms with van der Waals surface area (Å²) < 4.78 is 18.7. The topological polar surface area (TPSA) is 69.7 Å². The standard InChI is InChI=1S/C13H5ClFN3O/c14-12-9(7-17)3-4-18-13(12)19-10-2-1-8(6-16)11(15)5-10/h1-5H. The normalized spacial score (nSPS) is 9.47. The van der Waals surface area contributed by atoms with Crippen LogP contribution in [0, 0.1) is 28.5 Å². The molecule has 1 aromatic carbocycles. The predicted octanol–water partition coefficient (Wildman–Crippen LogP) is 3.41. The molecule has 0 radical (unpaired) electrons. The number of hydrogen-bond donors (Lipinski definition) is 0. The molecule has 0 saturated heterocycles. The van der Waals surface area contributed by atoms with Gasteiger partial charge in [0.25, 0.3) is 0 Å². The highest BCUT2D eigenvalue weighted by molar-refractivity contribution is 6.33. The fraction of sp³-hybridized carbons (Fsp3) is 0. The molecule has 19 heavy (non-hydrogen) atoms. The summed E-state index contributed by atoms with van der Waals surface area (Å²) in [6.45, 7) is 0. The average molecular weight is 274 g/mol. The Bertz CT molecular complexity index is 719. The van der Waals surface area contributed by atoms with Crippen molar-refractivity contribution in [2.24, 2.45) is 0 Å². The summed E-state index contributed by atoms with van der Waals surface area (Å²) in [5.74, 6) is -0.557. The monoisotopic (exact) mass is 273 g/mol. The van der Waals surface area contributed by atoms with Gasteiger partial charge in [0.1, 0.15) is 28.7 Å². The van der Waals surface area contributed by atoms with Crippen molar-refractivity contribution in [2.75, 3.05) is 0 Å². The second-order valence-electron chi connectivity index (χ2n) is 3.44. The number of hydrogen-bond acceptors (Lipinski definition) is 4. The van der Waals surface area contributed by atoms with E-state index < -0.39 is 5.82 Å². The van der Waals surface area contributed by atoms with Crippen molar-refractivity contribution in [2.45, 2.75) is 0 Å². The summed E-state index contributed by atoms with van der Waals surface area (Å²) >= 11 is 5.90. The first-order valence-corrected chi connectivity index (χ1v) is 5.45. The molecule has 0 saturated carbocycles. The lowest BCUT2D eigenvalue weighted by atomic mass is 10.2. The summed E-state index contributed by atoms with van der Waals surface area (Å²) in [5, 5.41) is 17.5. The van der Waals surface area contributed by atoms with E-state index in [4.69, 9.17) is 26.9 Å². The zero-order chi connectivity index (χ0) is 13.8. The number of benzene rings is 1. The van der Waals surface area contributed by atoms with E-state index in [0.717, 1.165) is 6.07 Å². The second kappa shape index (κ2) is 5.34. The van der Waals surface area contributed by atoms with Crippen LogP contribution >= 0.6 is 11.6 Å². The van der Waals surface area contributed by atoms with E-state index in [-0.39, 0.29) is 27.8 Å². The SMILES string of the molecule is N#Cc1ccc(Oc2nccc(C#N)c2Cl)cc1F. The summed E-state index contributed by atoms with van der Waals surface area (Å²) in [6.07, 6.45) is 1.36. The molecule has 1 heterocycles. The maximum atomic E-state index is 13.4. The van der Waals surface area contributed by atoms with Gasteiger partial charge in [-0.2, -0.15) is 10.5 Å². The zero-order valence-electron chi connectivity index (χ0n) is 9.39. The smallest absolute Gasteiger partial charge is 0.239 e. The molecular formula is C13H5ClFN3O. The molecule has 2 rings (SSSR count). The lowest BCUT2D eigenvalue weighted by Crippen LogP contribution is -1.92. The Kier molecular flexibility index (Phi) is 3.61. The molecule has 0 aliphatic carbocycles. The number of pyridine rings is 1. The number of nitrogens with zero attached hydrogens (tertiary/aromatic N) is 3. The van der Waals surface area contributed by atoms with Gasteiger partial charge in [-0.15, -0.1) is 0 Å². The Labute approximate surface area is 113 Å². The van der Waals surface area contributed by atoms with Gasteiger partial charge in [-0.05, 0) is 18.2 Å². The number of rotatable bonds is 2. The highest BCUT2D eigenvalue weighted by atomic mass is 35.5. The van der Waals surface area contributed by atoms with Crippen LogP contribution in [0.5, 0.6) is 11.6 Å². The Hall–Kier alpha value is -2.63. The van der Waals surface area contributed by atoms with Crippen molar-refractivity contribution in [1.29, 1.82) is 10.5 Å². The molecule has 0 amide bonds. The number of ether oxygens (including phenoxy) is 1. The molecule has 0 atom stereocenters. The molecule has 0 spiro atoms. The first-order valence-electron chi connectivity index (χ1n) is 5.08. The van der Waals surface area contributed by atoms with Crippen molar-refractivity contribution in [3.63, 3.8) is 0 Å². The van der Waals surface area contributed by atoms with Crippen molar-refractivity contribution >= 4 is 11.6 Å². The Morgan fingerprint density at radius 1 is 1.16 bits per heavy atom. The van der Waals surface area contributed by atoms with Crippen LogP contribution < -0.4 is 4.74 Å². The summed E-state index contributed by atoms with van der Waals surface area (Å²) in [7, 11) is 0. The molecule has 1 aromatic heterocycles. The molecule has 4 nitrogen and oxygen atoms in total. The van der Waals surface area contributed by atoms with E-state index in [9.17, 15) is 4.39 Å². The van der Waals surface area contributed by atoms with Crippen LogP contribution in [0.4, 0.5) is 4.39 Å². The van der Waals surface area contributed by atoms with Crippen LogP contribution in [0.2, 0.25) is 5.02 Å². The van der Waals surface area contributed by atoms with Crippen molar-refractivity contribution in [3.8, 4) is 23.8 Å². The van der Waals surface area contributed by atoms with Crippen LogP contribution in [-0.2, 0) is 0 Å². The van der Waals surface area contributed by atoms with Gasteiger partial charge in [-0.25, -0.2) is 9.37 Å². The molecule has 0 N–H and O–H groups in total. The zero-order valence-corrected chi connectivity index (χ0v) is 10.1. The van der Waals surface area contributed by atoms with Gasteiger partial charge in [0.15, 0.2) is 0 Å². The molecular weight excluding hydrogens is 269 g/mol. The quantitative estimate of drug-likeness (QED) is 0.841. The largest absolute Gasteiger partial charge is 0.437 e. The second-order valence-corrected chi connectivity index (χ2v) is 3.82. The Morgan fingerprint density at radius 2 is 1.89 bits per heavy atom. The highest BCUT2D eigenvalue weighted by Crippen LogP contribution is 2.30. The van der Waals surface area contributed by atoms with E-state index in [0.29, 0.717) is 0 Å². The Balaban J connectivity index is 2.35. The lowest BCUT2D eigenvalue weighted by Gasteiger charge is -2.07. The molecule has 0 aliphatic rings. The first-order chi connectivity index (χ1) is 9.15. The first kappa shape index (κ1) is 12.8. The third-order valence-corrected chi connectivity index (χ3v) is 2.62. The fourth-order valence-corrected chi connectivity index (χ4v) is 1.54. The number of nitriles is 2. The van der Waals surface area contributed by atoms with E-state index >= 15 is 0 Å². The average Bonchev–Trinajstić information content (AvgIpc) is 2.41. The number of halogens is 2. The Morgan fingerprint density at radius 3 is 2.53 bits per heavy atom. The fourth-order valence-electron chi connectivity index (χ4n) is 1.34. The number of aromatic nitrogens is 1. The molecule has 0 bridgehead atoms. The molecule has 92 valence electrons. The summed E-state index contributed by atoms with van der Waals surface area (Å²) in [6, 6.07) is 8.77. The predicted molar refractivity (Wildman–Crippen MR) is 65.2 cm³/mol. The van der Waals surface area contributed by atoms with Crippen molar-refractivity contribution in [3.05, 3.63) is 52.4 Å². The van der Waals surface area contributed by atoms with Gasteiger partial charge in [0.2, 0.25) is 5.88 Å². The van der Waals surface area contributed by atoms with E-state index in [1.807, 2.05) is 6.07 Å². The van der Waals surface area contributed by atoms with E-state index in [1.165, 1.54) is 24.4 Å². The van der Waals surface area contributed by atoms with Crippen molar-refractivity contribution in [1.82, 2.24) is 4.98 Å². The van der Waals surface area contributed by atoms with Gasteiger partial charge in [-0.1, -0.05) is 11.6 Å². The molecule has 6 heteroatoms. The minimum Gasteiger partial charge on any atom is -0.437 e. The maximum absolute atomic E-state index is 13.4. The van der Waals surface area contributed by atoms with Gasteiger partial charge in [0.05, 0.1) is 11.1 Å². The van der Waals surface area contributed by atoms with Gasteiger partial charge >= 0.3 is 0 Å². The van der Waals surface area contributed by atoms with Crippen LogP contribution in [-0.4, -0.2) is 4.98 Å². The minimum absolute atomic E-state index is 0.00447. The molecule has 2 aromatic rings. The summed E-state index contributed by atoms with van der Waals surface area (Å²) in [4.78, 5) is 3.86. The van der Waals surface area contributed by atoms with Crippen LogP contribution in [0.1, 0.15) is 11.1 Å². The lowest BCUT2D eigenvalue weighted by molar-refractivity contribution is 0.458. The molecule has 0 unspecified atom stereocenters. The van der Waals surface area contributed by atoms with Crippen LogP contribution in [0.15, 0.2) is 30.5 Å². The van der Waals surface area contributed by atoms with E-state index in [1.54, 1.807) is 6.07 Å². The highest BCUT2D eigenvalue weighted by Gasteiger charge is 2.11. The molecule has 0 aliphatic heterocycles. The van der Waals surface area contributed by atoms with Gasteiger partial charge in [-0.3, -0.25) is 0 Å². The van der Waals surface area contributed by atoms with E-state index in [2.05, 4.69) is 4.98 Å². The van der Waals surface area contributed by atoms with Crippen LogP contribution in [0.3, 0.4) is 0 Å². The third-order valence-electron chi connectivity index (χ3n) is 2.25. The van der Waals surface area contributed by atoms with Crippen LogP contribution in [0.25, 0.3) is 0 Å². The maximum Gasteiger partial charge on any atom is 0.239 e.